The predicted molar refractivity (Wildman–Crippen MR) is 129 cm³/mol. The molecule has 0 spiro atoms. The summed E-state index contributed by atoms with van der Waals surface area (Å²) in [5.41, 5.74) is 10.6. The zero-order valence-electron chi connectivity index (χ0n) is 18.8. The highest BCUT2D eigenvalue weighted by atomic mass is 16.2. The zero-order chi connectivity index (χ0) is 23.8. The van der Waals surface area contributed by atoms with Crippen LogP contribution in [0.4, 0.5) is 17.3 Å². The van der Waals surface area contributed by atoms with E-state index in [0.29, 0.717) is 40.8 Å². The van der Waals surface area contributed by atoms with Crippen molar-refractivity contribution in [2.75, 3.05) is 10.6 Å². The summed E-state index contributed by atoms with van der Waals surface area (Å²) >= 11 is 0. The third-order valence-electron chi connectivity index (χ3n) is 5.77. The maximum atomic E-state index is 12.8. The molecule has 0 radical (unpaired) electrons. The molecule has 0 saturated carbocycles. The number of pyridine rings is 2. The highest BCUT2D eigenvalue weighted by molar-refractivity contribution is 6.06. The van der Waals surface area contributed by atoms with Crippen molar-refractivity contribution in [1.29, 1.82) is 0 Å². The van der Waals surface area contributed by atoms with E-state index in [2.05, 4.69) is 25.7 Å². The Bertz CT molecular complexity index is 1440. The van der Waals surface area contributed by atoms with Crippen molar-refractivity contribution >= 4 is 29.1 Å². The monoisotopic (exact) mass is 453 g/mol. The van der Waals surface area contributed by atoms with Crippen molar-refractivity contribution in [3.05, 3.63) is 82.7 Å². The minimum atomic E-state index is -0.602. The molecule has 170 valence electrons. The lowest BCUT2D eigenvalue weighted by atomic mass is 10.1. The van der Waals surface area contributed by atoms with Gasteiger partial charge in [-0.05, 0) is 56.2 Å². The molecule has 3 aromatic heterocycles. The number of para-hydroxylation sites is 1. The van der Waals surface area contributed by atoms with Crippen LogP contribution in [-0.2, 0) is 13.0 Å². The van der Waals surface area contributed by atoms with E-state index in [1.54, 1.807) is 29.8 Å². The smallest absolute Gasteiger partial charge is 0.258 e. The molecular weight excluding hydrogens is 430 g/mol. The van der Waals surface area contributed by atoms with Gasteiger partial charge < -0.3 is 16.4 Å². The predicted octanol–water partition coefficient (Wildman–Crippen LogP) is 3.61. The van der Waals surface area contributed by atoms with Crippen molar-refractivity contribution in [3.8, 4) is 11.4 Å². The molecule has 0 unspecified atom stereocenters. The number of primary amides is 1. The van der Waals surface area contributed by atoms with Gasteiger partial charge >= 0.3 is 0 Å². The van der Waals surface area contributed by atoms with Crippen molar-refractivity contribution in [2.24, 2.45) is 5.73 Å². The molecule has 0 saturated heterocycles. The summed E-state index contributed by atoms with van der Waals surface area (Å²) in [4.78, 5) is 34.1. The first-order chi connectivity index (χ1) is 16.4. The Morgan fingerprint density at radius 3 is 2.62 bits per heavy atom. The Morgan fingerprint density at radius 1 is 1.03 bits per heavy atom. The van der Waals surface area contributed by atoms with E-state index in [1.165, 1.54) is 0 Å². The van der Waals surface area contributed by atoms with E-state index in [1.807, 2.05) is 43.3 Å². The number of carbonyl (C=O) groups is 2. The lowest BCUT2D eigenvalue weighted by Crippen LogP contribution is -2.16. The number of nitrogens with one attached hydrogen (secondary N) is 2. The standard InChI is InChI=1S/C25H23N7O2/c1-14-6-5-9-20(27-14)30-25(34)17-10-11-19(28-15(17)2)22-21(23(26)33)24-29-18-8-4-3-7-16(18)12-13-32(24)31-22/h3-11,29H,12-13H2,1-2H3,(H2,26,33)(H,27,30,34). The molecule has 4 heterocycles. The Balaban J connectivity index is 1.50. The van der Waals surface area contributed by atoms with Gasteiger partial charge in [0, 0.05) is 17.9 Å². The van der Waals surface area contributed by atoms with Crippen molar-refractivity contribution in [3.63, 3.8) is 0 Å². The molecule has 1 aliphatic heterocycles. The van der Waals surface area contributed by atoms with E-state index in [4.69, 9.17) is 5.73 Å². The van der Waals surface area contributed by atoms with Crippen LogP contribution in [0.15, 0.2) is 54.6 Å². The number of rotatable bonds is 4. The summed E-state index contributed by atoms with van der Waals surface area (Å²) < 4.78 is 1.75. The molecule has 0 bridgehead atoms. The van der Waals surface area contributed by atoms with Crippen LogP contribution in [0.5, 0.6) is 0 Å². The molecule has 1 aliphatic rings. The lowest BCUT2D eigenvalue weighted by Gasteiger charge is -2.10. The molecule has 9 nitrogen and oxygen atoms in total. The maximum Gasteiger partial charge on any atom is 0.258 e. The summed E-state index contributed by atoms with van der Waals surface area (Å²) in [5, 5.41) is 10.8. The van der Waals surface area contributed by atoms with Gasteiger partial charge in [0.15, 0.2) is 0 Å². The van der Waals surface area contributed by atoms with Crippen molar-refractivity contribution < 1.29 is 9.59 Å². The average molecular weight is 454 g/mol. The fourth-order valence-corrected chi connectivity index (χ4v) is 4.11. The van der Waals surface area contributed by atoms with E-state index in [9.17, 15) is 9.59 Å². The Labute approximate surface area is 196 Å². The van der Waals surface area contributed by atoms with E-state index >= 15 is 0 Å². The first-order valence-corrected chi connectivity index (χ1v) is 10.9. The second-order valence-corrected chi connectivity index (χ2v) is 8.14. The van der Waals surface area contributed by atoms with Crippen LogP contribution in [0.25, 0.3) is 11.4 Å². The normalized spacial score (nSPS) is 12.2. The zero-order valence-corrected chi connectivity index (χ0v) is 18.8. The number of aryl methyl sites for hydroxylation is 4. The second-order valence-electron chi connectivity index (χ2n) is 8.14. The van der Waals surface area contributed by atoms with E-state index in [0.717, 1.165) is 23.4 Å². The molecule has 0 aliphatic carbocycles. The highest BCUT2D eigenvalue weighted by Crippen LogP contribution is 2.33. The van der Waals surface area contributed by atoms with E-state index < -0.39 is 5.91 Å². The molecule has 4 N–H and O–H groups in total. The third-order valence-corrected chi connectivity index (χ3v) is 5.77. The third kappa shape index (κ3) is 3.88. The second kappa shape index (κ2) is 8.43. The van der Waals surface area contributed by atoms with Gasteiger partial charge in [0.2, 0.25) is 0 Å². The van der Waals surface area contributed by atoms with Gasteiger partial charge in [-0.15, -0.1) is 0 Å². The Kier molecular flexibility index (Phi) is 5.29. The highest BCUT2D eigenvalue weighted by Gasteiger charge is 2.27. The van der Waals surface area contributed by atoms with Crippen LogP contribution < -0.4 is 16.4 Å². The summed E-state index contributed by atoms with van der Waals surface area (Å²) in [5.74, 6) is 0.0894. The van der Waals surface area contributed by atoms with Gasteiger partial charge in [0.25, 0.3) is 11.8 Å². The number of amides is 2. The summed E-state index contributed by atoms with van der Waals surface area (Å²) in [6.45, 7) is 4.18. The van der Waals surface area contributed by atoms with Crippen LogP contribution in [-0.4, -0.2) is 31.6 Å². The molecular formula is C25H23N7O2. The van der Waals surface area contributed by atoms with Gasteiger partial charge in [-0.3, -0.25) is 14.6 Å². The molecule has 4 aromatic rings. The maximum absolute atomic E-state index is 12.8. The Hall–Kier alpha value is -4.53. The quantitative estimate of drug-likeness (QED) is 0.433. The van der Waals surface area contributed by atoms with Gasteiger partial charge in [-0.1, -0.05) is 24.3 Å². The SMILES string of the molecule is Cc1cccc(NC(=O)c2ccc(-c3nn4c(c3C(N)=O)Nc3ccccc3CC4)nc2C)n1. The first kappa shape index (κ1) is 21.3. The minimum absolute atomic E-state index is 0.268. The Morgan fingerprint density at radius 2 is 1.85 bits per heavy atom. The fraction of sp³-hybridized carbons (Fsp3) is 0.160. The fourth-order valence-electron chi connectivity index (χ4n) is 4.11. The van der Waals surface area contributed by atoms with Crippen LogP contribution in [0.3, 0.4) is 0 Å². The van der Waals surface area contributed by atoms with Crippen LogP contribution >= 0.6 is 0 Å². The van der Waals surface area contributed by atoms with Crippen LogP contribution in [0.1, 0.15) is 37.7 Å². The summed E-state index contributed by atoms with van der Waals surface area (Å²) in [6.07, 6.45) is 0.758. The van der Waals surface area contributed by atoms with Gasteiger partial charge in [0.1, 0.15) is 22.9 Å². The van der Waals surface area contributed by atoms with Crippen LogP contribution in [0, 0.1) is 13.8 Å². The van der Waals surface area contributed by atoms with E-state index in [-0.39, 0.29) is 11.5 Å². The number of hydrogen-bond acceptors (Lipinski definition) is 6. The number of anilines is 3. The molecule has 2 amide bonds. The number of hydrogen-bond donors (Lipinski definition) is 3. The minimum Gasteiger partial charge on any atom is -0.365 e. The number of fused-ring (bicyclic) bond motifs is 2. The summed E-state index contributed by atoms with van der Waals surface area (Å²) in [7, 11) is 0. The largest absolute Gasteiger partial charge is 0.365 e. The van der Waals surface area contributed by atoms with Crippen molar-refractivity contribution in [2.45, 2.75) is 26.8 Å². The molecule has 0 fully saturated rings. The molecule has 1 aromatic carbocycles. The topological polar surface area (TPSA) is 128 Å². The molecule has 9 heteroatoms. The van der Waals surface area contributed by atoms with Crippen LogP contribution in [0.2, 0.25) is 0 Å². The van der Waals surface area contributed by atoms with Gasteiger partial charge in [0.05, 0.1) is 17.0 Å². The number of aromatic nitrogens is 4. The van der Waals surface area contributed by atoms with Gasteiger partial charge in [-0.25, -0.2) is 9.67 Å². The first-order valence-electron chi connectivity index (χ1n) is 10.9. The average Bonchev–Trinajstić information content (AvgIpc) is 3.07. The number of nitrogens with two attached hydrogens (primary N) is 1. The number of benzene rings is 1. The summed E-state index contributed by atoms with van der Waals surface area (Å²) in [6, 6.07) is 16.7. The number of nitrogens with zero attached hydrogens (tertiary/aromatic N) is 4. The molecule has 0 atom stereocenters. The lowest BCUT2D eigenvalue weighted by molar-refractivity contribution is 0.0998. The van der Waals surface area contributed by atoms with Gasteiger partial charge in [-0.2, -0.15) is 5.10 Å². The number of carbonyl (C=O) groups excluding carboxylic acids is 2. The molecule has 5 rings (SSSR count). The van der Waals surface area contributed by atoms with Crippen molar-refractivity contribution in [1.82, 2.24) is 19.7 Å². The molecule has 34 heavy (non-hydrogen) atoms.